The number of nitro benzene ring substituents is 1. The van der Waals surface area contributed by atoms with Crippen molar-refractivity contribution in [3.8, 4) is 0 Å². The molecule has 2 aromatic carbocycles. The summed E-state index contributed by atoms with van der Waals surface area (Å²) in [6.45, 7) is 7.64. The van der Waals surface area contributed by atoms with E-state index >= 15 is 0 Å². The number of rotatable bonds is 3. The van der Waals surface area contributed by atoms with E-state index < -0.39 is 10.8 Å². The number of carbonyl (C=O) groups is 1. The fourth-order valence-electron chi connectivity index (χ4n) is 2.48. The molecule has 0 atom stereocenters. The van der Waals surface area contributed by atoms with E-state index in [1.165, 1.54) is 6.07 Å². The number of hydrogen-bond donors (Lipinski definition) is 1. The van der Waals surface area contributed by atoms with Crippen LogP contribution in [-0.2, 0) is 5.41 Å². The average Bonchev–Trinajstić information content (AvgIpc) is 2.98. The molecule has 26 heavy (non-hydrogen) atoms. The van der Waals surface area contributed by atoms with E-state index in [-0.39, 0.29) is 16.7 Å². The van der Waals surface area contributed by atoms with Crippen molar-refractivity contribution in [3.63, 3.8) is 0 Å². The molecular weight excluding hydrogens is 334 g/mol. The molecule has 0 radical (unpaired) electrons. The lowest BCUT2D eigenvalue weighted by Gasteiger charge is -2.11. The van der Waals surface area contributed by atoms with Crippen LogP contribution in [0.25, 0.3) is 11.1 Å². The molecule has 1 aromatic heterocycles. The summed E-state index contributed by atoms with van der Waals surface area (Å²) in [7, 11) is 0. The van der Waals surface area contributed by atoms with Gasteiger partial charge in [-0.15, -0.1) is 0 Å². The highest BCUT2D eigenvalue weighted by molar-refractivity contribution is 6.05. The van der Waals surface area contributed by atoms with E-state index in [9.17, 15) is 14.9 Å². The normalized spacial score (nSPS) is 11.5. The zero-order chi connectivity index (χ0) is 19.1. The highest BCUT2D eigenvalue weighted by atomic mass is 16.6. The van der Waals surface area contributed by atoms with Crippen molar-refractivity contribution in [2.45, 2.75) is 33.1 Å². The first-order valence-electron chi connectivity index (χ1n) is 8.12. The smallest absolute Gasteiger partial charge is 0.273 e. The quantitative estimate of drug-likeness (QED) is 0.548. The number of fused-ring (bicyclic) bond motifs is 1. The van der Waals surface area contributed by atoms with Gasteiger partial charge in [0, 0.05) is 28.3 Å². The minimum atomic E-state index is -0.498. The lowest BCUT2D eigenvalue weighted by molar-refractivity contribution is -0.385. The third-order valence-electron chi connectivity index (χ3n) is 3.96. The minimum Gasteiger partial charge on any atom is -0.440 e. The SMILES string of the molecule is Cc1ccc(C(=O)Nc2ccc3oc(C(C)(C)C)nc3c2)cc1[N+](=O)[O-]. The van der Waals surface area contributed by atoms with Crippen LogP contribution in [0, 0.1) is 17.0 Å². The van der Waals surface area contributed by atoms with Gasteiger partial charge in [0.1, 0.15) is 5.52 Å². The zero-order valence-corrected chi connectivity index (χ0v) is 15.0. The molecule has 0 fully saturated rings. The maximum atomic E-state index is 12.4. The van der Waals surface area contributed by atoms with Gasteiger partial charge >= 0.3 is 0 Å². The second kappa shape index (κ2) is 6.25. The van der Waals surface area contributed by atoms with Gasteiger partial charge in [0.15, 0.2) is 5.58 Å². The van der Waals surface area contributed by atoms with E-state index in [1.807, 2.05) is 20.8 Å². The predicted molar refractivity (Wildman–Crippen MR) is 98.5 cm³/mol. The Kier molecular flexibility index (Phi) is 4.23. The molecule has 0 bridgehead atoms. The molecule has 0 saturated heterocycles. The Morgan fingerprint density at radius 2 is 1.92 bits per heavy atom. The fraction of sp³-hybridized carbons (Fsp3) is 0.263. The number of aryl methyl sites for hydroxylation is 1. The molecule has 134 valence electrons. The molecule has 0 aliphatic heterocycles. The van der Waals surface area contributed by atoms with Gasteiger partial charge in [-0.05, 0) is 31.2 Å². The predicted octanol–water partition coefficient (Wildman–Crippen LogP) is 4.59. The molecule has 1 heterocycles. The van der Waals surface area contributed by atoms with Crippen molar-refractivity contribution in [2.24, 2.45) is 0 Å². The number of benzene rings is 2. The highest BCUT2D eigenvalue weighted by Crippen LogP contribution is 2.27. The Hall–Kier alpha value is -3.22. The monoisotopic (exact) mass is 353 g/mol. The number of nitrogens with zero attached hydrogens (tertiary/aromatic N) is 2. The van der Waals surface area contributed by atoms with Crippen molar-refractivity contribution in [3.05, 3.63) is 63.5 Å². The Morgan fingerprint density at radius 1 is 1.19 bits per heavy atom. The molecule has 7 heteroatoms. The van der Waals surface area contributed by atoms with E-state index in [1.54, 1.807) is 37.3 Å². The Morgan fingerprint density at radius 3 is 2.58 bits per heavy atom. The van der Waals surface area contributed by atoms with Gasteiger partial charge in [0.05, 0.1) is 4.92 Å². The lowest BCUT2D eigenvalue weighted by atomic mass is 9.97. The van der Waals surface area contributed by atoms with Crippen LogP contribution in [-0.4, -0.2) is 15.8 Å². The fourth-order valence-corrected chi connectivity index (χ4v) is 2.48. The summed E-state index contributed by atoms with van der Waals surface area (Å²) >= 11 is 0. The summed E-state index contributed by atoms with van der Waals surface area (Å²) in [5, 5.41) is 13.8. The molecule has 0 aliphatic rings. The van der Waals surface area contributed by atoms with Crippen molar-refractivity contribution in [2.75, 3.05) is 5.32 Å². The number of nitrogens with one attached hydrogen (secondary N) is 1. The molecule has 7 nitrogen and oxygen atoms in total. The minimum absolute atomic E-state index is 0.0839. The molecule has 0 spiro atoms. The number of nitro groups is 1. The third kappa shape index (κ3) is 3.42. The Bertz CT molecular complexity index is 1020. The van der Waals surface area contributed by atoms with Gasteiger partial charge in [-0.25, -0.2) is 4.98 Å². The second-order valence-corrected chi connectivity index (χ2v) is 7.16. The maximum Gasteiger partial charge on any atom is 0.273 e. The second-order valence-electron chi connectivity index (χ2n) is 7.16. The number of carbonyl (C=O) groups excluding carboxylic acids is 1. The lowest BCUT2D eigenvalue weighted by Crippen LogP contribution is -2.12. The third-order valence-corrected chi connectivity index (χ3v) is 3.96. The topological polar surface area (TPSA) is 98.3 Å². The zero-order valence-electron chi connectivity index (χ0n) is 15.0. The largest absolute Gasteiger partial charge is 0.440 e. The molecular formula is C19H19N3O4. The van der Waals surface area contributed by atoms with Crippen molar-refractivity contribution in [1.82, 2.24) is 4.98 Å². The van der Waals surface area contributed by atoms with Crippen molar-refractivity contribution < 1.29 is 14.1 Å². The molecule has 0 aliphatic carbocycles. The Labute approximate surface area is 150 Å². The molecule has 3 aromatic rings. The average molecular weight is 353 g/mol. The van der Waals surface area contributed by atoms with Crippen LogP contribution in [0.15, 0.2) is 40.8 Å². The van der Waals surface area contributed by atoms with Gasteiger partial charge in [-0.2, -0.15) is 0 Å². The van der Waals surface area contributed by atoms with Crippen LogP contribution in [0.4, 0.5) is 11.4 Å². The van der Waals surface area contributed by atoms with Gasteiger partial charge in [-0.1, -0.05) is 26.8 Å². The van der Waals surface area contributed by atoms with Crippen LogP contribution in [0.5, 0.6) is 0 Å². The number of aromatic nitrogens is 1. The first kappa shape index (κ1) is 17.6. The first-order chi connectivity index (χ1) is 12.1. The highest BCUT2D eigenvalue weighted by Gasteiger charge is 2.21. The number of hydrogen-bond acceptors (Lipinski definition) is 5. The summed E-state index contributed by atoms with van der Waals surface area (Å²) in [5.41, 5.74) is 2.24. The van der Waals surface area contributed by atoms with Crippen LogP contribution in [0.2, 0.25) is 0 Å². The maximum absolute atomic E-state index is 12.4. The summed E-state index contributed by atoms with van der Waals surface area (Å²) in [6, 6.07) is 9.56. The molecule has 3 rings (SSSR count). The summed E-state index contributed by atoms with van der Waals surface area (Å²) in [4.78, 5) is 27.4. The number of amides is 1. The van der Waals surface area contributed by atoms with Crippen LogP contribution >= 0.6 is 0 Å². The molecule has 1 amide bonds. The van der Waals surface area contributed by atoms with E-state index in [0.717, 1.165) is 0 Å². The Balaban J connectivity index is 1.87. The van der Waals surface area contributed by atoms with E-state index in [0.29, 0.717) is 28.2 Å². The summed E-state index contributed by atoms with van der Waals surface area (Å²) in [6.07, 6.45) is 0. The van der Waals surface area contributed by atoms with Gasteiger partial charge < -0.3 is 9.73 Å². The first-order valence-corrected chi connectivity index (χ1v) is 8.12. The van der Waals surface area contributed by atoms with Crippen LogP contribution < -0.4 is 5.32 Å². The van der Waals surface area contributed by atoms with Gasteiger partial charge in [0.25, 0.3) is 11.6 Å². The number of anilines is 1. The van der Waals surface area contributed by atoms with Crippen molar-refractivity contribution >= 4 is 28.4 Å². The van der Waals surface area contributed by atoms with E-state index in [4.69, 9.17) is 4.42 Å². The van der Waals surface area contributed by atoms with Gasteiger partial charge in [0.2, 0.25) is 5.89 Å². The van der Waals surface area contributed by atoms with Crippen LogP contribution in [0.1, 0.15) is 42.6 Å². The van der Waals surface area contributed by atoms with Crippen LogP contribution in [0.3, 0.4) is 0 Å². The molecule has 1 N–H and O–H groups in total. The van der Waals surface area contributed by atoms with E-state index in [2.05, 4.69) is 10.3 Å². The standard InChI is InChI=1S/C19H19N3O4/c1-11-5-6-12(9-15(11)22(24)25)17(23)20-13-7-8-16-14(10-13)21-18(26-16)19(2,3)4/h5-10H,1-4H3,(H,20,23). The summed E-state index contributed by atoms with van der Waals surface area (Å²) in [5.74, 6) is 0.192. The van der Waals surface area contributed by atoms with Gasteiger partial charge in [-0.3, -0.25) is 14.9 Å². The summed E-state index contributed by atoms with van der Waals surface area (Å²) < 4.78 is 5.73. The number of oxazole rings is 1. The molecule has 0 saturated carbocycles. The molecule has 0 unspecified atom stereocenters. The van der Waals surface area contributed by atoms with Crippen molar-refractivity contribution in [1.29, 1.82) is 0 Å².